The Morgan fingerprint density at radius 3 is 2.37 bits per heavy atom. The summed E-state index contributed by atoms with van der Waals surface area (Å²) in [6.07, 6.45) is 2.20. The lowest BCUT2D eigenvalue weighted by atomic mass is 10.1. The van der Waals surface area contributed by atoms with Crippen molar-refractivity contribution in [1.29, 1.82) is 0 Å². The van der Waals surface area contributed by atoms with Crippen LogP contribution >= 0.6 is 0 Å². The van der Waals surface area contributed by atoms with E-state index < -0.39 is 10.0 Å². The summed E-state index contributed by atoms with van der Waals surface area (Å²) in [5, 5.41) is 0. The van der Waals surface area contributed by atoms with Crippen LogP contribution in [0.15, 0.2) is 36.7 Å². The summed E-state index contributed by atoms with van der Waals surface area (Å²) in [6, 6.07) is 9.76. The fraction of sp³-hybridized carbons (Fsp3) is 0.474. The number of nitrogens with zero attached hydrogens (tertiary/aromatic N) is 4. The Morgan fingerprint density at radius 2 is 1.74 bits per heavy atom. The SMILES string of the molecule is CCCS(=O)(=O)N1CCN(c2cc(-c3ccc(OCC)cc3)ncn2)CC1. The lowest BCUT2D eigenvalue weighted by molar-refractivity contribution is 0.340. The van der Waals surface area contributed by atoms with E-state index in [2.05, 4.69) is 14.9 Å². The van der Waals surface area contributed by atoms with Crippen LogP contribution in [0.25, 0.3) is 11.3 Å². The number of benzene rings is 1. The Balaban J connectivity index is 1.69. The Bertz CT molecular complexity index is 848. The molecular weight excluding hydrogens is 364 g/mol. The number of hydrogen-bond donors (Lipinski definition) is 0. The predicted molar refractivity (Wildman–Crippen MR) is 107 cm³/mol. The quantitative estimate of drug-likeness (QED) is 0.723. The molecule has 0 aliphatic carbocycles. The van der Waals surface area contributed by atoms with E-state index >= 15 is 0 Å². The van der Waals surface area contributed by atoms with Crippen LogP contribution in [-0.2, 0) is 10.0 Å². The standard InChI is InChI=1S/C19H26N4O3S/c1-3-13-27(24,25)23-11-9-22(10-12-23)19-14-18(20-15-21-19)16-5-7-17(8-6-16)26-4-2/h5-8,14-15H,3-4,9-13H2,1-2H3. The lowest BCUT2D eigenvalue weighted by Crippen LogP contribution is -2.49. The second kappa shape index (κ2) is 8.67. The topological polar surface area (TPSA) is 75.6 Å². The molecule has 1 aromatic heterocycles. The molecule has 0 amide bonds. The lowest BCUT2D eigenvalue weighted by Gasteiger charge is -2.34. The first-order valence-electron chi connectivity index (χ1n) is 9.31. The van der Waals surface area contributed by atoms with Crippen LogP contribution < -0.4 is 9.64 Å². The number of aromatic nitrogens is 2. The molecule has 1 aromatic carbocycles. The summed E-state index contributed by atoms with van der Waals surface area (Å²) >= 11 is 0. The summed E-state index contributed by atoms with van der Waals surface area (Å²) < 4.78 is 31.5. The van der Waals surface area contributed by atoms with E-state index in [9.17, 15) is 8.42 Å². The molecule has 7 nitrogen and oxygen atoms in total. The van der Waals surface area contributed by atoms with Gasteiger partial charge in [-0.05, 0) is 37.6 Å². The van der Waals surface area contributed by atoms with E-state index in [4.69, 9.17) is 4.74 Å². The molecule has 27 heavy (non-hydrogen) atoms. The van der Waals surface area contributed by atoms with E-state index in [1.54, 1.807) is 10.6 Å². The van der Waals surface area contributed by atoms with Crippen molar-refractivity contribution in [2.24, 2.45) is 0 Å². The van der Waals surface area contributed by atoms with Crippen LogP contribution in [0.3, 0.4) is 0 Å². The van der Waals surface area contributed by atoms with Crippen molar-refractivity contribution >= 4 is 15.8 Å². The predicted octanol–water partition coefficient (Wildman–Crippen LogP) is 2.40. The third-order valence-corrected chi connectivity index (χ3v) is 6.61. The minimum absolute atomic E-state index is 0.211. The van der Waals surface area contributed by atoms with Crippen molar-refractivity contribution < 1.29 is 13.2 Å². The molecule has 0 spiro atoms. The molecule has 0 radical (unpaired) electrons. The van der Waals surface area contributed by atoms with Crippen LogP contribution in [0.5, 0.6) is 5.75 Å². The Labute approximate surface area is 161 Å². The van der Waals surface area contributed by atoms with Gasteiger partial charge in [-0.1, -0.05) is 6.92 Å². The van der Waals surface area contributed by atoms with E-state index in [0.29, 0.717) is 39.2 Å². The van der Waals surface area contributed by atoms with Crippen molar-refractivity contribution in [3.63, 3.8) is 0 Å². The fourth-order valence-corrected chi connectivity index (χ4v) is 4.64. The van der Waals surface area contributed by atoms with Gasteiger partial charge in [0, 0.05) is 37.8 Å². The minimum atomic E-state index is -3.14. The molecule has 0 bridgehead atoms. The monoisotopic (exact) mass is 390 g/mol. The minimum Gasteiger partial charge on any atom is -0.494 e. The van der Waals surface area contributed by atoms with Gasteiger partial charge >= 0.3 is 0 Å². The van der Waals surface area contributed by atoms with E-state index in [0.717, 1.165) is 22.8 Å². The molecule has 0 N–H and O–H groups in total. The van der Waals surface area contributed by atoms with Gasteiger partial charge in [-0.2, -0.15) is 4.31 Å². The number of sulfonamides is 1. The number of rotatable bonds is 7. The van der Waals surface area contributed by atoms with Gasteiger partial charge in [-0.25, -0.2) is 18.4 Å². The highest BCUT2D eigenvalue weighted by atomic mass is 32.2. The van der Waals surface area contributed by atoms with Crippen LogP contribution in [0.1, 0.15) is 20.3 Å². The van der Waals surface area contributed by atoms with Gasteiger partial charge in [-0.3, -0.25) is 0 Å². The van der Waals surface area contributed by atoms with Crippen molar-refractivity contribution in [3.05, 3.63) is 36.7 Å². The van der Waals surface area contributed by atoms with Gasteiger partial charge in [-0.15, -0.1) is 0 Å². The van der Waals surface area contributed by atoms with Gasteiger partial charge in [0.2, 0.25) is 10.0 Å². The molecule has 1 aliphatic rings. The van der Waals surface area contributed by atoms with Gasteiger partial charge in [0.1, 0.15) is 17.9 Å². The van der Waals surface area contributed by atoms with Crippen LogP contribution in [0.4, 0.5) is 5.82 Å². The molecule has 1 fully saturated rings. The van der Waals surface area contributed by atoms with E-state index in [1.807, 2.05) is 44.2 Å². The smallest absolute Gasteiger partial charge is 0.214 e. The molecule has 3 rings (SSSR count). The van der Waals surface area contributed by atoms with Gasteiger partial charge < -0.3 is 9.64 Å². The molecule has 0 saturated carbocycles. The second-order valence-electron chi connectivity index (χ2n) is 6.42. The third kappa shape index (κ3) is 4.75. The van der Waals surface area contributed by atoms with E-state index in [1.165, 1.54) is 0 Å². The Hall–Kier alpha value is -2.19. The average molecular weight is 391 g/mol. The van der Waals surface area contributed by atoms with Crippen LogP contribution in [0.2, 0.25) is 0 Å². The molecule has 146 valence electrons. The zero-order valence-electron chi connectivity index (χ0n) is 15.8. The number of anilines is 1. The summed E-state index contributed by atoms with van der Waals surface area (Å²) in [4.78, 5) is 10.9. The fourth-order valence-electron chi connectivity index (χ4n) is 3.15. The van der Waals surface area contributed by atoms with Crippen molar-refractivity contribution in [3.8, 4) is 17.0 Å². The first kappa shape index (κ1) is 19.6. The molecule has 0 atom stereocenters. The summed E-state index contributed by atoms with van der Waals surface area (Å²) in [7, 11) is -3.14. The van der Waals surface area contributed by atoms with Crippen molar-refractivity contribution in [1.82, 2.24) is 14.3 Å². The maximum atomic E-state index is 12.2. The first-order chi connectivity index (χ1) is 13.0. The molecular formula is C19H26N4O3S. The zero-order chi connectivity index (χ0) is 19.3. The summed E-state index contributed by atoms with van der Waals surface area (Å²) in [5.74, 6) is 1.86. The van der Waals surface area contributed by atoms with Gasteiger partial charge in [0.25, 0.3) is 0 Å². The highest BCUT2D eigenvalue weighted by Crippen LogP contribution is 2.24. The van der Waals surface area contributed by atoms with E-state index in [-0.39, 0.29) is 5.75 Å². The van der Waals surface area contributed by atoms with Crippen molar-refractivity contribution in [2.75, 3.05) is 43.4 Å². The Morgan fingerprint density at radius 1 is 1.04 bits per heavy atom. The second-order valence-corrected chi connectivity index (χ2v) is 8.51. The summed E-state index contributed by atoms with van der Waals surface area (Å²) in [5.41, 5.74) is 1.83. The van der Waals surface area contributed by atoms with Gasteiger partial charge in [0.15, 0.2) is 0 Å². The van der Waals surface area contributed by atoms with Gasteiger partial charge in [0.05, 0.1) is 18.1 Å². The molecule has 8 heteroatoms. The maximum Gasteiger partial charge on any atom is 0.214 e. The molecule has 0 unspecified atom stereocenters. The largest absolute Gasteiger partial charge is 0.494 e. The average Bonchev–Trinajstić information content (AvgIpc) is 2.69. The number of ether oxygens (including phenoxy) is 1. The molecule has 1 aliphatic heterocycles. The number of piperazine rings is 1. The highest BCUT2D eigenvalue weighted by molar-refractivity contribution is 7.89. The zero-order valence-corrected chi connectivity index (χ0v) is 16.7. The maximum absolute atomic E-state index is 12.2. The normalized spacial score (nSPS) is 15.7. The summed E-state index contributed by atoms with van der Waals surface area (Å²) in [6.45, 7) is 6.72. The highest BCUT2D eigenvalue weighted by Gasteiger charge is 2.26. The molecule has 2 aromatic rings. The Kier molecular flexibility index (Phi) is 6.28. The van der Waals surface area contributed by atoms with Crippen LogP contribution in [-0.4, -0.2) is 61.2 Å². The molecule has 1 saturated heterocycles. The van der Waals surface area contributed by atoms with Crippen molar-refractivity contribution in [2.45, 2.75) is 20.3 Å². The van der Waals surface area contributed by atoms with Crippen LogP contribution in [0, 0.1) is 0 Å². The molecule has 2 heterocycles. The third-order valence-electron chi connectivity index (χ3n) is 4.53. The first-order valence-corrected chi connectivity index (χ1v) is 10.9. The number of hydrogen-bond acceptors (Lipinski definition) is 6.